The van der Waals surface area contributed by atoms with Gasteiger partial charge in [-0.1, -0.05) is 42.5 Å². The van der Waals surface area contributed by atoms with Gasteiger partial charge in [0, 0.05) is 20.3 Å². The summed E-state index contributed by atoms with van der Waals surface area (Å²) in [7, 11) is 1.62. The molecule has 0 aromatic heterocycles. The van der Waals surface area contributed by atoms with Crippen LogP contribution in [0.15, 0.2) is 66.7 Å². The number of carbonyl (C=O) groups excluding carboxylic acids is 2. The first-order valence-electron chi connectivity index (χ1n) is 9.91. The summed E-state index contributed by atoms with van der Waals surface area (Å²) in [6, 6.07) is 20.6. The molecule has 0 aliphatic heterocycles. The Hall–Kier alpha value is -3.38. The van der Waals surface area contributed by atoms with E-state index in [1.54, 1.807) is 38.3 Å². The van der Waals surface area contributed by atoms with Crippen LogP contribution in [0.25, 0.3) is 10.8 Å². The Morgan fingerprint density at radius 2 is 1.70 bits per heavy atom. The third-order valence-corrected chi connectivity index (χ3v) is 4.64. The van der Waals surface area contributed by atoms with Gasteiger partial charge < -0.3 is 20.1 Å². The number of para-hydroxylation sites is 1. The Labute approximate surface area is 176 Å². The Morgan fingerprint density at radius 1 is 0.967 bits per heavy atom. The molecule has 1 unspecified atom stereocenters. The Balaban J connectivity index is 1.64. The highest BCUT2D eigenvalue weighted by atomic mass is 16.5. The standard InChI is InChI=1S/C24H26N2O4/c1-17(30-20-13-12-18-8-3-4-9-19(18)16-20)23(27)26-22-11-6-5-10-21(22)24(28)25-14-7-15-29-2/h3-6,8-13,16-17H,7,14-15H2,1-2H3,(H,25,28)(H,26,27). The van der Waals surface area contributed by atoms with E-state index < -0.39 is 6.10 Å². The molecule has 0 saturated heterocycles. The molecule has 156 valence electrons. The molecule has 0 fully saturated rings. The molecule has 0 aliphatic rings. The molecule has 0 aliphatic carbocycles. The number of fused-ring (bicyclic) bond motifs is 1. The topological polar surface area (TPSA) is 76.7 Å². The van der Waals surface area contributed by atoms with Crippen LogP contribution in [0, 0.1) is 0 Å². The van der Waals surface area contributed by atoms with Crippen molar-refractivity contribution in [2.24, 2.45) is 0 Å². The van der Waals surface area contributed by atoms with Crippen molar-refractivity contribution in [3.05, 3.63) is 72.3 Å². The number of amides is 2. The molecule has 3 aromatic carbocycles. The number of ether oxygens (including phenoxy) is 2. The summed E-state index contributed by atoms with van der Waals surface area (Å²) in [5, 5.41) is 7.78. The third kappa shape index (κ3) is 5.58. The average molecular weight is 406 g/mol. The molecule has 0 radical (unpaired) electrons. The minimum Gasteiger partial charge on any atom is -0.481 e. The molecule has 0 heterocycles. The van der Waals surface area contributed by atoms with Crippen LogP contribution in [0.3, 0.4) is 0 Å². The fourth-order valence-electron chi connectivity index (χ4n) is 3.04. The van der Waals surface area contributed by atoms with Crippen molar-refractivity contribution in [1.82, 2.24) is 5.32 Å². The number of carbonyl (C=O) groups is 2. The van der Waals surface area contributed by atoms with E-state index >= 15 is 0 Å². The van der Waals surface area contributed by atoms with Crippen LogP contribution in [0.2, 0.25) is 0 Å². The van der Waals surface area contributed by atoms with Crippen molar-refractivity contribution in [2.75, 3.05) is 25.6 Å². The zero-order valence-electron chi connectivity index (χ0n) is 17.2. The maximum atomic E-state index is 12.7. The van der Waals surface area contributed by atoms with Crippen molar-refractivity contribution in [3.8, 4) is 5.75 Å². The molecule has 30 heavy (non-hydrogen) atoms. The van der Waals surface area contributed by atoms with E-state index in [1.165, 1.54) is 0 Å². The van der Waals surface area contributed by atoms with Gasteiger partial charge in [0.15, 0.2) is 6.10 Å². The summed E-state index contributed by atoms with van der Waals surface area (Å²) in [6.45, 7) is 2.75. The molecule has 6 nitrogen and oxygen atoms in total. The number of hydrogen-bond acceptors (Lipinski definition) is 4. The van der Waals surface area contributed by atoms with Crippen LogP contribution in [0.5, 0.6) is 5.75 Å². The van der Waals surface area contributed by atoms with Gasteiger partial charge in [0.1, 0.15) is 5.75 Å². The molecule has 2 amide bonds. The van der Waals surface area contributed by atoms with E-state index in [-0.39, 0.29) is 11.8 Å². The van der Waals surface area contributed by atoms with E-state index in [9.17, 15) is 9.59 Å². The van der Waals surface area contributed by atoms with Gasteiger partial charge in [0.2, 0.25) is 0 Å². The molecular weight excluding hydrogens is 380 g/mol. The van der Waals surface area contributed by atoms with Crippen molar-refractivity contribution >= 4 is 28.3 Å². The zero-order valence-corrected chi connectivity index (χ0v) is 17.2. The summed E-state index contributed by atoms with van der Waals surface area (Å²) >= 11 is 0. The Kier molecular flexibility index (Phi) is 7.40. The molecule has 3 aromatic rings. The monoisotopic (exact) mass is 406 g/mol. The highest BCUT2D eigenvalue weighted by molar-refractivity contribution is 6.04. The van der Waals surface area contributed by atoms with Crippen molar-refractivity contribution < 1.29 is 19.1 Å². The van der Waals surface area contributed by atoms with Crippen LogP contribution >= 0.6 is 0 Å². The first-order valence-corrected chi connectivity index (χ1v) is 9.91. The SMILES string of the molecule is COCCCNC(=O)c1ccccc1NC(=O)C(C)Oc1ccc2ccccc2c1. The maximum Gasteiger partial charge on any atom is 0.265 e. The van der Waals surface area contributed by atoms with Gasteiger partial charge in [-0.15, -0.1) is 0 Å². The highest BCUT2D eigenvalue weighted by Crippen LogP contribution is 2.22. The highest BCUT2D eigenvalue weighted by Gasteiger charge is 2.18. The lowest BCUT2D eigenvalue weighted by Gasteiger charge is -2.17. The van der Waals surface area contributed by atoms with Crippen LogP contribution in [0.1, 0.15) is 23.7 Å². The van der Waals surface area contributed by atoms with Crippen LogP contribution < -0.4 is 15.4 Å². The fourth-order valence-corrected chi connectivity index (χ4v) is 3.04. The van der Waals surface area contributed by atoms with Gasteiger partial charge in [0.05, 0.1) is 11.3 Å². The summed E-state index contributed by atoms with van der Waals surface area (Å²) in [4.78, 5) is 25.1. The van der Waals surface area contributed by atoms with Crippen molar-refractivity contribution in [2.45, 2.75) is 19.4 Å². The lowest BCUT2D eigenvalue weighted by atomic mass is 10.1. The summed E-state index contributed by atoms with van der Waals surface area (Å²) in [5.41, 5.74) is 0.849. The maximum absolute atomic E-state index is 12.7. The normalized spacial score (nSPS) is 11.7. The Morgan fingerprint density at radius 3 is 2.50 bits per heavy atom. The third-order valence-electron chi connectivity index (χ3n) is 4.64. The first-order chi connectivity index (χ1) is 14.6. The minimum atomic E-state index is -0.732. The number of anilines is 1. The Bertz CT molecular complexity index is 1020. The lowest BCUT2D eigenvalue weighted by molar-refractivity contribution is -0.122. The molecule has 6 heteroatoms. The molecule has 3 rings (SSSR count). The van der Waals surface area contributed by atoms with Crippen molar-refractivity contribution in [3.63, 3.8) is 0 Å². The lowest BCUT2D eigenvalue weighted by Crippen LogP contribution is -2.32. The predicted molar refractivity (Wildman–Crippen MR) is 118 cm³/mol. The van der Waals surface area contributed by atoms with Gasteiger partial charge in [-0.25, -0.2) is 0 Å². The van der Waals surface area contributed by atoms with E-state index in [4.69, 9.17) is 9.47 Å². The number of nitrogens with one attached hydrogen (secondary N) is 2. The van der Waals surface area contributed by atoms with E-state index in [1.807, 2.05) is 42.5 Å². The largest absolute Gasteiger partial charge is 0.481 e. The van der Waals surface area contributed by atoms with Gasteiger partial charge in [0.25, 0.3) is 11.8 Å². The molecule has 0 saturated carbocycles. The first kappa shape index (κ1) is 21.3. The molecule has 0 spiro atoms. The van der Waals surface area contributed by atoms with Gasteiger partial charge >= 0.3 is 0 Å². The smallest absolute Gasteiger partial charge is 0.265 e. The zero-order chi connectivity index (χ0) is 21.3. The number of hydrogen-bond donors (Lipinski definition) is 2. The molecule has 1 atom stereocenters. The van der Waals surface area contributed by atoms with Crippen LogP contribution in [-0.2, 0) is 9.53 Å². The second-order valence-corrected chi connectivity index (χ2v) is 6.91. The number of methoxy groups -OCH3 is 1. The van der Waals surface area contributed by atoms with Gasteiger partial charge in [-0.2, -0.15) is 0 Å². The second-order valence-electron chi connectivity index (χ2n) is 6.91. The summed E-state index contributed by atoms with van der Waals surface area (Å²) in [6.07, 6.45) is -0.0168. The summed E-state index contributed by atoms with van der Waals surface area (Å²) in [5.74, 6) is 0.0356. The van der Waals surface area contributed by atoms with Gasteiger partial charge in [-0.3, -0.25) is 9.59 Å². The van der Waals surface area contributed by atoms with Crippen LogP contribution in [0.4, 0.5) is 5.69 Å². The number of benzene rings is 3. The van der Waals surface area contributed by atoms with E-state index in [0.29, 0.717) is 36.6 Å². The van der Waals surface area contributed by atoms with E-state index in [2.05, 4.69) is 10.6 Å². The average Bonchev–Trinajstić information content (AvgIpc) is 2.77. The predicted octanol–water partition coefficient (Wildman–Crippen LogP) is 4.01. The molecular formula is C24H26N2O4. The minimum absolute atomic E-state index is 0.245. The molecule has 0 bridgehead atoms. The van der Waals surface area contributed by atoms with Crippen molar-refractivity contribution in [1.29, 1.82) is 0 Å². The fraction of sp³-hybridized carbons (Fsp3) is 0.250. The summed E-state index contributed by atoms with van der Waals surface area (Å²) < 4.78 is 10.8. The van der Waals surface area contributed by atoms with Crippen LogP contribution in [-0.4, -0.2) is 38.2 Å². The second kappa shape index (κ2) is 10.4. The quantitative estimate of drug-likeness (QED) is 0.527. The number of rotatable bonds is 9. The van der Waals surface area contributed by atoms with E-state index in [0.717, 1.165) is 10.8 Å². The molecule has 2 N–H and O–H groups in total. The van der Waals surface area contributed by atoms with Gasteiger partial charge in [-0.05, 0) is 48.4 Å².